The Balaban J connectivity index is 1.76. The van der Waals surface area contributed by atoms with Crippen molar-refractivity contribution in [1.82, 2.24) is 9.97 Å². The van der Waals surface area contributed by atoms with Gasteiger partial charge in [-0.25, -0.2) is 9.97 Å². The van der Waals surface area contributed by atoms with Crippen molar-refractivity contribution >= 4 is 46.5 Å². The van der Waals surface area contributed by atoms with E-state index in [9.17, 15) is 14.9 Å². The van der Waals surface area contributed by atoms with Gasteiger partial charge in [0.15, 0.2) is 0 Å². The van der Waals surface area contributed by atoms with Crippen LogP contribution < -0.4 is 10.2 Å². The molecular formula is C19H21Cl2N5O4. The molecule has 1 N–H and O–H groups in total. The summed E-state index contributed by atoms with van der Waals surface area (Å²) in [6.07, 6.45) is 2.38. The van der Waals surface area contributed by atoms with Crippen LogP contribution in [0.25, 0.3) is 0 Å². The molecule has 0 spiro atoms. The highest BCUT2D eigenvalue weighted by Crippen LogP contribution is 2.34. The van der Waals surface area contributed by atoms with E-state index in [0.717, 1.165) is 5.56 Å². The quantitative estimate of drug-likeness (QED) is 0.379. The highest BCUT2D eigenvalue weighted by molar-refractivity contribution is 6.34. The molecule has 1 aliphatic heterocycles. The van der Waals surface area contributed by atoms with Crippen molar-refractivity contribution in [2.24, 2.45) is 5.92 Å². The Labute approximate surface area is 183 Å². The minimum absolute atomic E-state index is 0.105. The van der Waals surface area contributed by atoms with Gasteiger partial charge in [0, 0.05) is 29.7 Å². The second-order valence-electron chi connectivity index (χ2n) is 6.80. The van der Waals surface area contributed by atoms with E-state index >= 15 is 0 Å². The first-order chi connectivity index (χ1) is 14.4. The number of carbonyl (C=O) groups excluding carboxylic acids is 1. The molecule has 0 aliphatic carbocycles. The van der Waals surface area contributed by atoms with Crippen LogP contribution in [0, 0.1) is 16.0 Å². The summed E-state index contributed by atoms with van der Waals surface area (Å²) in [5.41, 5.74) is 0.553. The first-order valence-electron chi connectivity index (χ1n) is 9.48. The number of halogens is 2. The van der Waals surface area contributed by atoms with Crippen molar-refractivity contribution in [1.29, 1.82) is 0 Å². The fraction of sp³-hybridized carbons (Fsp3) is 0.421. The standard InChI is InChI=1S/C19H21Cl2N5O4/c1-2-30-19(27)13-3-5-25(6-4-13)18-16(26(28)29)17(23-11-24-18)22-10-12-7-14(20)9-15(21)8-12/h7-9,11,13H,2-6,10H2,1H3,(H,22,23,24). The second kappa shape index (κ2) is 9.90. The number of ether oxygens (including phenoxy) is 1. The Hall–Kier alpha value is -2.65. The average molecular weight is 454 g/mol. The number of hydrogen-bond donors (Lipinski definition) is 1. The smallest absolute Gasteiger partial charge is 0.353 e. The molecule has 2 heterocycles. The second-order valence-corrected chi connectivity index (χ2v) is 7.67. The van der Waals surface area contributed by atoms with Gasteiger partial charge in [0.2, 0.25) is 11.6 Å². The monoisotopic (exact) mass is 453 g/mol. The molecule has 0 atom stereocenters. The number of rotatable bonds is 7. The lowest BCUT2D eigenvalue weighted by Crippen LogP contribution is -2.37. The molecule has 30 heavy (non-hydrogen) atoms. The number of nitrogens with zero attached hydrogens (tertiary/aromatic N) is 4. The van der Waals surface area contributed by atoms with Gasteiger partial charge in [-0.15, -0.1) is 0 Å². The number of esters is 1. The first-order valence-corrected chi connectivity index (χ1v) is 10.2. The fourth-order valence-corrected chi connectivity index (χ4v) is 3.96. The summed E-state index contributed by atoms with van der Waals surface area (Å²) in [5, 5.41) is 15.7. The van der Waals surface area contributed by atoms with Crippen molar-refractivity contribution in [3.05, 3.63) is 50.2 Å². The zero-order valence-electron chi connectivity index (χ0n) is 16.3. The van der Waals surface area contributed by atoms with E-state index in [4.69, 9.17) is 27.9 Å². The highest BCUT2D eigenvalue weighted by atomic mass is 35.5. The third kappa shape index (κ3) is 5.28. The zero-order valence-corrected chi connectivity index (χ0v) is 17.8. The van der Waals surface area contributed by atoms with Gasteiger partial charge in [-0.1, -0.05) is 23.2 Å². The molecule has 1 saturated heterocycles. The molecular weight excluding hydrogens is 433 g/mol. The minimum Gasteiger partial charge on any atom is -0.466 e. The topological polar surface area (TPSA) is 110 Å². The van der Waals surface area contributed by atoms with Crippen LogP contribution in [0.3, 0.4) is 0 Å². The van der Waals surface area contributed by atoms with Gasteiger partial charge in [-0.05, 0) is 43.5 Å². The number of piperidine rings is 1. The Morgan fingerprint density at radius 1 is 1.27 bits per heavy atom. The van der Waals surface area contributed by atoms with Crippen molar-refractivity contribution in [3.8, 4) is 0 Å². The van der Waals surface area contributed by atoms with Crippen molar-refractivity contribution in [2.45, 2.75) is 26.3 Å². The largest absolute Gasteiger partial charge is 0.466 e. The normalized spacial score (nSPS) is 14.4. The van der Waals surface area contributed by atoms with Gasteiger partial charge in [0.1, 0.15) is 6.33 Å². The minimum atomic E-state index is -0.500. The number of nitro groups is 1. The molecule has 0 amide bonds. The molecule has 9 nitrogen and oxygen atoms in total. The van der Waals surface area contributed by atoms with Gasteiger partial charge in [0.05, 0.1) is 17.4 Å². The molecule has 1 aromatic carbocycles. The highest BCUT2D eigenvalue weighted by Gasteiger charge is 2.32. The van der Waals surface area contributed by atoms with E-state index in [1.54, 1.807) is 30.0 Å². The number of carbonyl (C=O) groups is 1. The van der Waals surface area contributed by atoms with Crippen molar-refractivity contribution < 1.29 is 14.5 Å². The predicted octanol–water partition coefficient (Wildman–Crippen LogP) is 4.08. The number of nitrogens with one attached hydrogen (secondary N) is 1. The van der Waals surface area contributed by atoms with Crippen LogP contribution in [-0.2, 0) is 16.1 Å². The average Bonchev–Trinajstić information content (AvgIpc) is 2.71. The number of aromatic nitrogens is 2. The molecule has 160 valence electrons. The fourth-order valence-electron chi connectivity index (χ4n) is 3.38. The number of benzene rings is 1. The summed E-state index contributed by atoms with van der Waals surface area (Å²) >= 11 is 12.0. The molecule has 0 unspecified atom stereocenters. The zero-order chi connectivity index (χ0) is 21.7. The molecule has 11 heteroatoms. The maximum Gasteiger partial charge on any atom is 0.353 e. The molecule has 0 saturated carbocycles. The van der Waals surface area contributed by atoms with Crippen molar-refractivity contribution in [2.75, 3.05) is 29.9 Å². The van der Waals surface area contributed by atoms with Gasteiger partial charge < -0.3 is 15.0 Å². The van der Waals surface area contributed by atoms with Crippen molar-refractivity contribution in [3.63, 3.8) is 0 Å². The van der Waals surface area contributed by atoms with E-state index in [1.807, 2.05) is 0 Å². The Bertz CT molecular complexity index is 915. The molecule has 2 aromatic rings. The maximum atomic E-state index is 11.9. The van der Waals surface area contributed by atoms with Crippen LogP contribution in [0.15, 0.2) is 24.5 Å². The van der Waals surface area contributed by atoms with E-state index in [1.165, 1.54) is 6.33 Å². The van der Waals surface area contributed by atoms with Gasteiger partial charge in [-0.2, -0.15) is 0 Å². The summed E-state index contributed by atoms with van der Waals surface area (Å²) in [7, 11) is 0. The molecule has 1 aromatic heterocycles. The van der Waals surface area contributed by atoms with E-state index in [2.05, 4.69) is 15.3 Å². The lowest BCUT2D eigenvalue weighted by molar-refractivity contribution is -0.383. The van der Waals surface area contributed by atoms with Gasteiger partial charge >= 0.3 is 11.7 Å². The Kier molecular flexibility index (Phi) is 7.28. The lowest BCUT2D eigenvalue weighted by Gasteiger charge is -2.31. The molecule has 1 aliphatic rings. The lowest BCUT2D eigenvalue weighted by atomic mass is 9.97. The van der Waals surface area contributed by atoms with Crippen LogP contribution in [0.4, 0.5) is 17.3 Å². The Morgan fingerprint density at radius 3 is 2.53 bits per heavy atom. The summed E-state index contributed by atoms with van der Waals surface area (Å²) in [6, 6.07) is 5.04. The van der Waals surface area contributed by atoms with E-state index < -0.39 is 4.92 Å². The van der Waals surface area contributed by atoms with E-state index in [0.29, 0.717) is 42.6 Å². The van der Waals surface area contributed by atoms with Gasteiger partial charge in [0.25, 0.3) is 0 Å². The van der Waals surface area contributed by atoms with E-state index in [-0.39, 0.29) is 35.8 Å². The summed E-state index contributed by atoms with van der Waals surface area (Å²) < 4.78 is 5.07. The molecule has 3 rings (SSSR count). The SMILES string of the molecule is CCOC(=O)C1CCN(c2ncnc(NCc3cc(Cl)cc(Cl)c3)c2[N+](=O)[O-])CC1. The predicted molar refractivity (Wildman–Crippen MR) is 114 cm³/mol. The molecule has 0 bridgehead atoms. The number of hydrogen-bond acceptors (Lipinski definition) is 8. The molecule has 1 fully saturated rings. The molecule has 0 radical (unpaired) electrons. The van der Waals surface area contributed by atoms with Crippen LogP contribution in [0.1, 0.15) is 25.3 Å². The first kappa shape index (κ1) is 22.0. The van der Waals surface area contributed by atoms with Crippen LogP contribution >= 0.6 is 23.2 Å². The summed E-state index contributed by atoms with van der Waals surface area (Å²) in [5.74, 6) is -0.0957. The summed E-state index contributed by atoms with van der Waals surface area (Å²) in [4.78, 5) is 33.2. The maximum absolute atomic E-state index is 11.9. The third-order valence-corrected chi connectivity index (χ3v) is 5.22. The third-order valence-electron chi connectivity index (χ3n) is 4.78. The summed E-state index contributed by atoms with van der Waals surface area (Å²) in [6.45, 7) is 3.28. The Morgan fingerprint density at radius 2 is 1.93 bits per heavy atom. The van der Waals surface area contributed by atoms with Crippen LogP contribution in [0.5, 0.6) is 0 Å². The number of anilines is 2. The van der Waals surface area contributed by atoms with Crippen LogP contribution in [-0.4, -0.2) is 40.6 Å². The van der Waals surface area contributed by atoms with Crippen LogP contribution in [0.2, 0.25) is 10.0 Å². The van der Waals surface area contributed by atoms with Gasteiger partial charge in [-0.3, -0.25) is 14.9 Å².